The number of nitro groups is 1. The van der Waals surface area contributed by atoms with Crippen molar-refractivity contribution in [2.75, 3.05) is 5.32 Å². The zero-order valence-corrected chi connectivity index (χ0v) is 16.2. The average molecular weight is 415 g/mol. The molecule has 1 heterocycles. The molecule has 8 nitrogen and oxygen atoms in total. The van der Waals surface area contributed by atoms with Gasteiger partial charge in [-0.3, -0.25) is 14.9 Å². The fourth-order valence-electron chi connectivity index (χ4n) is 3.23. The number of hydrogen-bond donors (Lipinski definition) is 2. The standard InChI is InChI=1S/C23H17N3O5/c27-22(24-14-15-8-2-1-3-9-15)16-10-4-6-12-18(16)25-20-17-11-5-7-13-19(17)31-23(28)21(20)26(29)30/h1-13,25H,14H2,(H,24,27). The molecule has 0 aliphatic rings. The molecule has 3 aromatic carbocycles. The Morgan fingerprint density at radius 3 is 2.39 bits per heavy atom. The quantitative estimate of drug-likeness (QED) is 0.274. The lowest BCUT2D eigenvalue weighted by molar-refractivity contribution is -0.386. The number of hydrogen-bond acceptors (Lipinski definition) is 6. The van der Waals surface area contributed by atoms with Crippen LogP contribution in [0.4, 0.5) is 17.1 Å². The molecule has 4 aromatic rings. The lowest BCUT2D eigenvalue weighted by atomic mass is 10.1. The maximum absolute atomic E-state index is 12.8. The highest BCUT2D eigenvalue weighted by Crippen LogP contribution is 2.33. The van der Waals surface area contributed by atoms with E-state index in [1.165, 1.54) is 0 Å². The predicted molar refractivity (Wildman–Crippen MR) is 116 cm³/mol. The molecule has 31 heavy (non-hydrogen) atoms. The molecule has 2 N–H and O–H groups in total. The highest BCUT2D eigenvalue weighted by Gasteiger charge is 2.25. The minimum Gasteiger partial charge on any atom is -0.418 e. The molecular weight excluding hydrogens is 398 g/mol. The first-order valence-electron chi connectivity index (χ1n) is 9.43. The van der Waals surface area contributed by atoms with Crippen molar-refractivity contribution in [3.63, 3.8) is 0 Å². The highest BCUT2D eigenvalue weighted by atomic mass is 16.6. The molecule has 0 fully saturated rings. The van der Waals surface area contributed by atoms with Crippen LogP contribution in [-0.2, 0) is 6.54 Å². The summed E-state index contributed by atoms with van der Waals surface area (Å²) in [6.45, 7) is 0.325. The van der Waals surface area contributed by atoms with Crippen LogP contribution in [0.2, 0.25) is 0 Å². The summed E-state index contributed by atoms with van der Waals surface area (Å²) in [5.41, 5.74) is -0.0808. The van der Waals surface area contributed by atoms with Crippen LogP contribution in [-0.4, -0.2) is 10.8 Å². The summed E-state index contributed by atoms with van der Waals surface area (Å²) in [7, 11) is 0. The first kappa shape index (κ1) is 19.8. The third-order valence-electron chi connectivity index (χ3n) is 4.70. The van der Waals surface area contributed by atoms with Gasteiger partial charge in [-0.25, -0.2) is 4.79 Å². The van der Waals surface area contributed by atoms with Crippen LogP contribution in [0.3, 0.4) is 0 Å². The molecule has 8 heteroatoms. The van der Waals surface area contributed by atoms with E-state index in [1.807, 2.05) is 30.3 Å². The van der Waals surface area contributed by atoms with E-state index in [1.54, 1.807) is 48.5 Å². The number of anilines is 2. The van der Waals surface area contributed by atoms with Crippen molar-refractivity contribution >= 4 is 33.9 Å². The van der Waals surface area contributed by atoms with Gasteiger partial charge in [0.1, 0.15) is 11.3 Å². The number of para-hydroxylation sites is 2. The second-order valence-corrected chi connectivity index (χ2v) is 6.71. The Hall–Kier alpha value is -4.46. The smallest absolute Gasteiger partial charge is 0.417 e. The van der Waals surface area contributed by atoms with Crippen LogP contribution in [0, 0.1) is 10.1 Å². The highest BCUT2D eigenvalue weighted by molar-refractivity contribution is 6.03. The molecule has 0 aliphatic heterocycles. The van der Waals surface area contributed by atoms with Crippen LogP contribution >= 0.6 is 0 Å². The van der Waals surface area contributed by atoms with E-state index in [2.05, 4.69) is 10.6 Å². The van der Waals surface area contributed by atoms with Gasteiger partial charge in [-0.1, -0.05) is 54.6 Å². The van der Waals surface area contributed by atoms with Gasteiger partial charge in [-0.15, -0.1) is 0 Å². The third-order valence-corrected chi connectivity index (χ3v) is 4.70. The number of nitrogens with zero attached hydrogens (tertiary/aromatic N) is 1. The number of benzene rings is 3. The minimum absolute atomic E-state index is 0.0276. The van der Waals surface area contributed by atoms with Gasteiger partial charge in [0, 0.05) is 11.9 Å². The molecular formula is C23H17N3O5. The van der Waals surface area contributed by atoms with E-state index in [0.29, 0.717) is 17.6 Å². The summed E-state index contributed by atoms with van der Waals surface area (Å²) in [5, 5.41) is 17.7. The van der Waals surface area contributed by atoms with Gasteiger partial charge in [-0.05, 0) is 29.8 Å². The summed E-state index contributed by atoms with van der Waals surface area (Å²) in [5.74, 6) is -0.359. The first-order valence-corrected chi connectivity index (χ1v) is 9.43. The molecule has 0 bridgehead atoms. The van der Waals surface area contributed by atoms with E-state index in [0.717, 1.165) is 5.56 Å². The number of carbonyl (C=O) groups excluding carboxylic acids is 1. The van der Waals surface area contributed by atoms with Crippen molar-refractivity contribution in [2.45, 2.75) is 6.54 Å². The Morgan fingerprint density at radius 1 is 0.935 bits per heavy atom. The number of rotatable bonds is 6. The van der Waals surface area contributed by atoms with E-state index in [-0.39, 0.29) is 22.7 Å². The van der Waals surface area contributed by atoms with Gasteiger partial charge in [0.2, 0.25) is 0 Å². The number of carbonyl (C=O) groups is 1. The Labute approximate surface area is 176 Å². The molecule has 1 aromatic heterocycles. The van der Waals surface area contributed by atoms with Gasteiger partial charge in [-0.2, -0.15) is 0 Å². The van der Waals surface area contributed by atoms with E-state index in [4.69, 9.17) is 4.42 Å². The number of nitrogens with one attached hydrogen (secondary N) is 2. The molecule has 4 rings (SSSR count). The zero-order chi connectivity index (χ0) is 21.8. The minimum atomic E-state index is -1.07. The molecule has 154 valence electrons. The van der Waals surface area contributed by atoms with E-state index >= 15 is 0 Å². The summed E-state index contributed by atoms with van der Waals surface area (Å²) < 4.78 is 5.08. The van der Waals surface area contributed by atoms with Crippen molar-refractivity contribution in [1.82, 2.24) is 5.32 Å². The normalized spacial score (nSPS) is 10.6. The Kier molecular flexibility index (Phi) is 5.44. The van der Waals surface area contributed by atoms with Gasteiger partial charge in [0.05, 0.1) is 16.2 Å². The maximum atomic E-state index is 12.8. The summed E-state index contributed by atoms with van der Waals surface area (Å²) in [6.07, 6.45) is 0. The van der Waals surface area contributed by atoms with Crippen LogP contribution in [0.25, 0.3) is 11.0 Å². The lowest BCUT2D eigenvalue weighted by Gasteiger charge is -2.13. The fourth-order valence-corrected chi connectivity index (χ4v) is 3.23. The van der Waals surface area contributed by atoms with E-state index in [9.17, 15) is 19.7 Å². The third kappa shape index (κ3) is 4.13. The average Bonchev–Trinajstić information content (AvgIpc) is 2.78. The molecule has 0 aliphatic carbocycles. The van der Waals surface area contributed by atoms with Gasteiger partial charge >= 0.3 is 11.3 Å². The van der Waals surface area contributed by atoms with Crippen molar-refractivity contribution in [3.05, 3.63) is 111 Å². The van der Waals surface area contributed by atoms with Crippen molar-refractivity contribution in [1.29, 1.82) is 0 Å². The summed E-state index contributed by atoms with van der Waals surface area (Å²) >= 11 is 0. The largest absolute Gasteiger partial charge is 0.418 e. The van der Waals surface area contributed by atoms with Crippen LogP contribution < -0.4 is 16.3 Å². The Balaban J connectivity index is 1.72. The Morgan fingerprint density at radius 2 is 1.61 bits per heavy atom. The monoisotopic (exact) mass is 415 g/mol. The SMILES string of the molecule is O=C(NCc1ccccc1)c1ccccc1Nc1c([N+](=O)[O-])c(=O)oc2ccccc12. The van der Waals surface area contributed by atoms with Crippen LogP contribution in [0.15, 0.2) is 88.1 Å². The van der Waals surface area contributed by atoms with Gasteiger partial charge < -0.3 is 15.1 Å². The zero-order valence-electron chi connectivity index (χ0n) is 16.2. The molecule has 0 atom stereocenters. The van der Waals surface area contributed by atoms with Crippen molar-refractivity contribution in [3.8, 4) is 0 Å². The lowest BCUT2D eigenvalue weighted by Crippen LogP contribution is -2.23. The van der Waals surface area contributed by atoms with Crippen LogP contribution in [0.5, 0.6) is 0 Å². The van der Waals surface area contributed by atoms with Crippen molar-refractivity contribution < 1.29 is 14.1 Å². The fraction of sp³-hybridized carbons (Fsp3) is 0.0435. The molecule has 1 amide bonds. The van der Waals surface area contributed by atoms with Gasteiger partial charge in [0.15, 0.2) is 0 Å². The predicted octanol–water partition coefficient (Wildman–Crippen LogP) is 4.37. The second kappa shape index (κ2) is 8.50. The van der Waals surface area contributed by atoms with Crippen LogP contribution in [0.1, 0.15) is 15.9 Å². The second-order valence-electron chi connectivity index (χ2n) is 6.71. The summed E-state index contributed by atoms with van der Waals surface area (Å²) in [4.78, 5) is 35.8. The number of amides is 1. The summed E-state index contributed by atoms with van der Waals surface area (Å²) in [6, 6.07) is 22.5. The molecule has 0 spiro atoms. The molecule has 0 saturated heterocycles. The van der Waals surface area contributed by atoms with Gasteiger partial charge in [0.25, 0.3) is 5.91 Å². The Bertz CT molecular complexity index is 1330. The molecule has 0 unspecified atom stereocenters. The topological polar surface area (TPSA) is 114 Å². The van der Waals surface area contributed by atoms with Crippen molar-refractivity contribution in [2.24, 2.45) is 0 Å². The maximum Gasteiger partial charge on any atom is 0.417 e. The number of fused-ring (bicyclic) bond motifs is 1. The first-order chi connectivity index (χ1) is 15.0. The molecule has 0 saturated carbocycles. The van der Waals surface area contributed by atoms with E-state index < -0.39 is 16.2 Å². The molecule has 0 radical (unpaired) electrons.